The number of ether oxygens (including phenoxy) is 2. The fraction of sp³-hybridized carbons (Fsp3) is 0.355. The fourth-order valence-electron chi connectivity index (χ4n) is 5.76. The molecule has 222 valence electrons. The average Bonchev–Trinajstić information content (AvgIpc) is 3.48. The van der Waals surface area contributed by atoms with Gasteiger partial charge < -0.3 is 24.2 Å². The molecule has 10 nitrogen and oxygen atoms in total. The maximum Gasteiger partial charge on any atom is 0.231 e. The van der Waals surface area contributed by atoms with Gasteiger partial charge in [-0.2, -0.15) is 4.98 Å². The second-order valence-corrected chi connectivity index (χ2v) is 12.6. The molecular formula is C31H33ClN8O2S. The molecule has 4 aromatic rings. The first-order chi connectivity index (χ1) is 20.9. The van der Waals surface area contributed by atoms with Crippen LogP contribution in [0.1, 0.15) is 28.2 Å². The lowest BCUT2D eigenvalue weighted by Crippen LogP contribution is -2.47. The average molecular weight is 617 g/mol. The highest BCUT2D eigenvalue weighted by molar-refractivity contribution is 7.99. The number of aromatic nitrogens is 4. The Morgan fingerprint density at radius 3 is 2.21 bits per heavy atom. The van der Waals surface area contributed by atoms with Crippen molar-refractivity contribution in [2.45, 2.75) is 22.5 Å². The first-order valence-corrected chi connectivity index (χ1v) is 15.5. The third-order valence-electron chi connectivity index (χ3n) is 7.95. The molecular weight excluding hydrogens is 584 g/mol. The van der Waals surface area contributed by atoms with Gasteiger partial charge >= 0.3 is 0 Å². The fourth-order valence-corrected chi connectivity index (χ4v) is 7.17. The molecule has 2 aromatic carbocycles. The third-order valence-corrected chi connectivity index (χ3v) is 9.25. The minimum Gasteiger partial charge on any atom is -0.454 e. The van der Waals surface area contributed by atoms with Crippen LogP contribution in [0, 0.1) is 0 Å². The Bertz CT molecular complexity index is 1660. The van der Waals surface area contributed by atoms with Crippen LogP contribution in [0.15, 0.2) is 58.6 Å². The molecule has 7 rings (SSSR count). The second-order valence-electron chi connectivity index (χ2n) is 11.3. The minimum atomic E-state index is -0.200. The summed E-state index contributed by atoms with van der Waals surface area (Å²) in [7, 11) is 7.80. The molecule has 1 saturated heterocycles. The van der Waals surface area contributed by atoms with Crippen LogP contribution in [0.2, 0.25) is 5.15 Å². The Kier molecular flexibility index (Phi) is 7.40. The van der Waals surface area contributed by atoms with Crippen molar-refractivity contribution in [1.29, 1.82) is 0 Å². The Labute approximate surface area is 260 Å². The van der Waals surface area contributed by atoms with Gasteiger partial charge in [0.15, 0.2) is 11.5 Å². The van der Waals surface area contributed by atoms with Crippen LogP contribution in [0.25, 0.3) is 0 Å². The molecule has 5 heterocycles. The molecule has 0 aliphatic carbocycles. The van der Waals surface area contributed by atoms with E-state index in [0.717, 1.165) is 76.8 Å². The van der Waals surface area contributed by atoms with Gasteiger partial charge in [0.25, 0.3) is 0 Å². The van der Waals surface area contributed by atoms with Gasteiger partial charge in [-0.05, 0) is 35.0 Å². The lowest BCUT2D eigenvalue weighted by atomic mass is 9.86. The van der Waals surface area contributed by atoms with Crippen LogP contribution in [0.3, 0.4) is 0 Å². The molecule has 0 amide bonds. The van der Waals surface area contributed by atoms with Crippen LogP contribution in [-0.4, -0.2) is 86.0 Å². The number of piperazine rings is 1. The number of hydrogen-bond donors (Lipinski definition) is 0. The van der Waals surface area contributed by atoms with E-state index in [9.17, 15) is 0 Å². The van der Waals surface area contributed by atoms with E-state index >= 15 is 0 Å². The van der Waals surface area contributed by atoms with Crippen LogP contribution < -0.4 is 24.2 Å². The molecule has 0 saturated carbocycles. The van der Waals surface area contributed by atoms with E-state index in [-0.39, 0.29) is 12.7 Å². The molecule has 0 N–H and O–H groups in total. The number of anilines is 3. The molecule has 43 heavy (non-hydrogen) atoms. The Hall–Kier alpha value is -3.80. The molecule has 1 unspecified atom stereocenters. The first kappa shape index (κ1) is 28.0. The monoisotopic (exact) mass is 616 g/mol. The molecule has 1 atom stereocenters. The number of fused-ring (bicyclic) bond motifs is 3. The highest BCUT2D eigenvalue weighted by Crippen LogP contribution is 2.52. The maximum atomic E-state index is 6.98. The molecule has 0 spiro atoms. The molecule has 3 aliphatic rings. The van der Waals surface area contributed by atoms with Gasteiger partial charge in [-0.15, -0.1) is 0 Å². The van der Waals surface area contributed by atoms with Gasteiger partial charge in [0.1, 0.15) is 21.0 Å². The van der Waals surface area contributed by atoms with Crippen molar-refractivity contribution in [2.24, 2.45) is 0 Å². The largest absolute Gasteiger partial charge is 0.454 e. The number of benzene rings is 2. The number of nitrogens with zero attached hydrogens (tertiary/aromatic N) is 8. The van der Waals surface area contributed by atoms with Crippen LogP contribution >= 0.6 is 23.4 Å². The zero-order chi connectivity index (χ0) is 29.7. The summed E-state index contributed by atoms with van der Waals surface area (Å²) in [5, 5.41) is 2.18. The van der Waals surface area contributed by atoms with Gasteiger partial charge in [-0.25, -0.2) is 15.0 Å². The molecule has 0 bridgehead atoms. The summed E-state index contributed by atoms with van der Waals surface area (Å²) in [6.07, 6.45) is 0. The van der Waals surface area contributed by atoms with Crippen molar-refractivity contribution >= 4 is 41.1 Å². The number of halogens is 1. The highest BCUT2D eigenvalue weighted by Gasteiger charge is 2.38. The molecule has 1 fully saturated rings. The normalized spacial score (nSPS) is 17.4. The summed E-state index contributed by atoms with van der Waals surface area (Å²) < 4.78 is 11.1. The van der Waals surface area contributed by atoms with Crippen LogP contribution in [0.4, 0.5) is 17.7 Å². The lowest BCUT2D eigenvalue weighted by Gasteiger charge is -2.38. The van der Waals surface area contributed by atoms with E-state index in [4.69, 9.17) is 36.0 Å². The van der Waals surface area contributed by atoms with E-state index in [0.29, 0.717) is 17.0 Å². The first-order valence-electron chi connectivity index (χ1n) is 14.3. The highest BCUT2D eigenvalue weighted by atomic mass is 35.5. The summed E-state index contributed by atoms with van der Waals surface area (Å²) in [5.74, 6) is 3.63. The van der Waals surface area contributed by atoms with E-state index in [1.807, 2.05) is 50.1 Å². The maximum absolute atomic E-state index is 6.98. The molecule has 3 aliphatic heterocycles. The second kappa shape index (κ2) is 11.4. The zero-order valence-corrected chi connectivity index (χ0v) is 26.2. The minimum absolute atomic E-state index is 0.200. The lowest BCUT2D eigenvalue weighted by molar-refractivity contribution is 0.174. The molecule has 0 radical (unpaired) electrons. The summed E-state index contributed by atoms with van der Waals surface area (Å²) in [4.78, 5) is 28.5. The van der Waals surface area contributed by atoms with Crippen molar-refractivity contribution < 1.29 is 9.47 Å². The number of hydrogen-bond acceptors (Lipinski definition) is 11. The van der Waals surface area contributed by atoms with Gasteiger partial charge in [0, 0.05) is 78.0 Å². The topological polar surface area (TPSA) is 83.0 Å². The Morgan fingerprint density at radius 1 is 0.814 bits per heavy atom. The Morgan fingerprint density at radius 2 is 1.49 bits per heavy atom. The molecule has 2 aromatic heterocycles. The van der Waals surface area contributed by atoms with Crippen LogP contribution in [0.5, 0.6) is 11.5 Å². The molecule has 12 heteroatoms. The SMILES string of the molecule is CN(C)c1nc(Cl)c2c(n1)Sc1nc(N(C)C)nc(N3CCN(Cc4ccc5c(c4)OCO5)CC3)c1C2c1ccccc1. The van der Waals surface area contributed by atoms with Crippen molar-refractivity contribution in [1.82, 2.24) is 24.8 Å². The van der Waals surface area contributed by atoms with Gasteiger partial charge in [0.05, 0.1) is 0 Å². The van der Waals surface area contributed by atoms with Gasteiger partial charge in [-0.3, -0.25) is 4.90 Å². The predicted octanol–water partition coefficient (Wildman–Crippen LogP) is 4.75. The van der Waals surface area contributed by atoms with Gasteiger partial charge in [-0.1, -0.05) is 48.0 Å². The number of rotatable bonds is 6. The summed E-state index contributed by atoms with van der Waals surface area (Å²) >= 11 is 8.53. The third kappa shape index (κ3) is 5.30. The predicted molar refractivity (Wildman–Crippen MR) is 169 cm³/mol. The van der Waals surface area contributed by atoms with Crippen LogP contribution in [-0.2, 0) is 6.54 Å². The van der Waals surface area contributed by atoms with Crippen molar-refractivity contribution in [3.8, 4) is 11.5 Å². The zero-order valence-electron chi connectivity index (χ0n) is 24.6. The smallest absolute Gasteiger partial charge is 0.231 e. The van der Waals surface area contributed by atoms with E-state index in [2.05, 4.69) is 51.2 Å². The van der Waals surface area contributed by atoms with E-state index < -0.39 is 0 Å². The van der Waals surface area contributed by atoms with Crippen molar-refractivity contribution in [2.75, 3.05) is 75.9 Å². The van der Waals surface area contributed by atoms with Crippen molar-refractivity contribution in [3.63, 3.8) is 0 Å². The quantitative estimate of drug-likeness (QED) is 0.248. The Balaban J connectivity index is 1.25. The summed E-state index contributed by atoms with van der Waals surface area (Å²) in [5.41, 5.74) is 4.29. The van der Waals surface area contributed by atoms with E-state index in [1.54, 1.807) is 11.8 Å². The summed E-state index contributed by atoms with van der Waals surface area (Å²) in [6, 6.07) is 16.6. The summed E-state index contributed by atoms with van der Waals surface area (Å²) in [6.45, 7) is 4.62. The van der Waals surface area contributed by atoms with Gasteiger partial charge in [0.2, 0.25) is 18.7 Å². The van der Waals surface area contributed by atoms with E-state index in [1.165, 1.54) is 5.56 Å². The van der Waals surface area contributed by atoms with Crippen molar-refractivity contribution in [3.05, 3.63) is 75.9 Å². The standard InChI is InChI=1S/C31H33ClN8O2S/c1-37(2)30-33-26(32)24-23(20-8-6-5-7-9-20)25-27(34-31(38(3)4)36-29(25)43-28(24)35-30)40-14-12-39(13-15-40)17-19-10-11-21-22(16-19)42-18-41-21/h5-11,16,23H,12-15,17-18H2,1-4H3.